The van der Waals surface area contributed by atoms with Crippen molar-refractivity contribution in [3.63, 3.8) is 0 Å². The summed E-state index contributed by atoms with van der Waals surface area (Å²) in [7, 11) is 0. The summed E-state index contributed by atoms with van der Waals surface area (Å²) < 4.78 is 10.8. The van der Waals surface area contributed by atoms with Crippen molar-refractivity contribution >= 4 is 5.97 Å². The van der Waals surface area contributed by atoms with Crippen molar-refractivity contribution in [2.75, 3.05) is 13.2 Å². The second kappa shape index (κ2) is 8.37. The van der Waals surface area contributed by atoms with E-state index in [0.29, 0.717) is 6.61 Å². The van der Waals surface area contributed by atoms with Crippen LogP contribution in [0.2, 0.25) is 0 Å². The molecule has 0 N–H and O–H groups in total. The molecule has 2 aromatic carbocycles. The van der Waals surface area contributed by atoms with Crippen LogP contribution in [0.1, 0.15) is 31.9 Å². The number of hydrogen-bond acceptors (Lipinski definition) is 3. The lowest BCUT2D eigenvalue weighted by atomic mass is 9.98. The molecule has 2 rings (SSSR count). The van der Waals surface area contributed by atoms with Gasteiger partial charge in [0.05, 0.1) is 6.61 Å². The topological polar surface area (TPSA) is 35.5 Å². The molecule has 0 atom stereocenters. The van der Waals surface area contributed by atoms with Crippen LogP contribution in [0, 0.1) is 0 Å². The largest absolute Gasteiger partial charge is 0.481 e. The fourth-order valence-corrected chi connectivity index (χ4v) is 2.55. The second-order valence-corrected chi connectivity index (χ2v) is 5.30. The zero-order valence-electron chi connectivity index (χ0n) is 14.1. The van der Waals surface area contributed by atoms with Gasteiger partial charge in [-0.25, -0.2) is 4.79 Å². The number of para-hydroxylation sites is 1. The van der Waals surface area contributed by atoms with E-state index >= 15 is 0 Å². The molecule has 0 unspecified atom stereocenters. The van der Waals surface area contributed by atoms with Gasteiger partial charge in [0.1, 0.15) is 5.75 Å². The van der Waals surface area contributed by atoms with Gasteiger partial charge in [0.15, 0.2) is 6.61 Å². The number of hydrogen-bond donors (Lipinski definition) is 0. The molecule has 0 amide bonds. The Morgan fingerprint density at radius 1 is 1.00 bits per heavy atom. The first-order valence-electron chi connectivity index (χ1n) is 8.19. The van der Waals surface area contributed by atoms with E-state index in [1.165, 1.54) is 5.56 Å². The van der Waals surface area contributed by atoms with Crippen molar-refractivity contribution in [3.8, 4) is 16.9 Å². The molecule has 2 aromatic rings. The Kier molecular flexibility index (Phi) is 6.21. The van der Waals surface area contributed by atoms with Crippen molar-refractivity contribution in [3.05, 3.63) is 53.6 Å². The molecular weight excluding hydrogens is 288 g/mol. The predicted octanol–water partition coefficient (Wildman–Crippen LogP) is 4.42. The SMILES string of the molecule is CCOC(=O)COc1c(CC)cccc1-c1cccc(CC)c1. The van der Waals surface area contributed by atoms with E-state index in [1.54, 1.807) is 6.92 Å². The number of aryl methyl sites for hydroxylation is 2. The standard InChI is InChI=1S/C20H24O3/c1-4-15-9-7-11-17(13-15)18-12-8-10-16(5-2)20(18)23-14-19(21)22-6-3/h7-13H,4-6,14H2,1-3H3. The lowest BCUT2D eigenvalue weighted by Gasteiger charge is -2.15. The van der Waals surface area contributed by atoms with Crippen LogP contribution < -0.4 is 4.74 Å². The average molecular weight is 312 g/mol. The first-order chi connectivity index (χ1) is 11.2. The number of esters is 1. The molecule has 0 spiro atoms. The summed E-state index contributed by atoms with van der Waals surface area (Å²) >= 11 is 0. The van der Waals surface area contributed by atoms with Crippen LogP contribution in [-0.4, -0.2) is 19.2 Å². The van der Waals surface area contributed by atoms with Crippen molar-refractivity contribution in [2.24, 2.45) is 0 Å². The first kappa shape index (κ1) is 17.1. The Labute approximate surface area is 138 Å². The van der Waals surface area contributed by atoms with Crippen molar-refractivity contribution in [2.45, 2.75) is 33.6 Å². The van der Waals surface area contributed by atoms with E-state index in [-0.39, 0.29) is 12.6 Å². The van der Waals surface area contributed by atoms with Gasteiger partial charge in [-0.3, -0.25) is 0 Å². The minimum Gasteiger partial charge on any atom is -0.481 e. The van der Waals surface area contributed by atoms with Crippen LogP contribution in [0.5, 0.6) is 5.75 Å². The van der Waals surface area contributed by atoms with Crippen LogP contribution in [0.4, 0.5) is 0 Å². The highest BCUT2D eigenvalue weighted by Gasteiger charge is 2.13. The van der Waals surface area contributed by atoms with Gasteiger partial charge in [-0.15, -0.1) is 0 Å². The first-order valence-corrected chi connectivity index (χ1v) is 8.19. The molecule has 122 valence electrons. The van der Waals surface area contributed by atoms with E-state index in [0.717, 1.165) is 35.3 Å². The summed E-state index contributed by atoms with van der Waals surface area (Å²) in [4.78, 5) is 11.6. The third-order valence-corrected chi connectivity index (χ3v) is 3.76. The quantitative estimate of drug-likeness (QED) is 0.710. The Hall–Kier alpha value is -2.29. The Balaban J connectivity index is 2.36. The summed E-state index contributed by atoms with van der Waals surface area (Å²) in [6, 6.07) is 14.5. The summed E-state index contributed by atoms with van der Waals surface area (Å²) in [6.07, 6.45) is 1.83. The molecular formula is C20H24O3. The van der Waals surface area contributed by atoms with Gasteiger partial charge >= 0.3 is 5.97 Å². The van der Waals surface area contributed by atoms with Gasteiger partial charge in [0.2, 0.25) is 0 Å². The summed E-state index contributed by atoms with van der Waals surface area (Å²) in [5.74, 6) is 0.433. The molecule has 3 heteroatoms. The molecule has 0 aliphatic heterocycles. The highest BCUT2D eigenvalue weighted by Crippen LogP contribution is 2.34. The fourth-order valence-electron chi connectivity index (χ4n) is 2.55. The molecule has 0 fully saturated rings. The molecule has 0 bridgehead atoms. The highest BCUT2D eigenvalue weighted by atomic mass is 16.6. The number of carbonyl (C=O) groups is 1. The maximum absolute atomic E-state index is 11.6. The second-order valence-electron chi connectivity index (χ2n) is 5.30. The number of benzene rings is 2. The van der Waals surface area contributed by atoms with Gasteiger partial charge in [-0.05, 0) is 36.5 Å². The number of carbonyl (C=O) groups excluding carboxylic acids is 1. The molecule has 0 saturated heterocycles. The molecule has 0 aliphatic rings. The average Bonchev–Trinajstić information content (AvgIpc) is 2.59. The van der Waals surface area contributed by atoms with Gasteiger partial charge in [-0.2, -0.15) is 0 Å². The fraction of sp³-hybridized carbons (Fsp3) is 0.350. The van der Waals surface area contributed by atoms with Gasteiger partial charge in [-0.1, -0.05) is 56.3 Å². The summed E-state index contributed by atoms with van der Waals surface area (Å²) in [5, 5.41) is 0. The summed E-state index contributed by atoms with van der Waals surface area (Å²) in [5.41, 5.74) is 4.50. The Morgan fingerprint density at radius 3 is 2.48 bits per heavy atom. The Bertz CT molecular complexity index is 662. The zero-order chi connectivity index (χ0) is 16.7. The molecule has 0 aromatic heterocycles. The predicted molar refractivity (Wildman–Crippen MR) is 92.8 cm³/mol. The molecule has 0 radical (unpaired) electrons. The van der Waals surface area contributed by atoms with E-state index in [9.17, 15) is 4.79 Å². The van der Waals surface area contributed by atoms with E-state index in [2.05, 4.69) is 38.1 Å². The Morgan fingerprint density at radius 2 is 1.78 bits per heavy atom. The number of rotatable bonds is 7. The van der Waals surface area contributed by atoms with Crippen LogP contribution in [-0.2, 0) is 22.4 Å². The van der Waals surface area contributed by atoms with Crippen LogP contribution in [0.25, 0.3) is 11.1 Å². The number of ether oxygens (including phenoxy) is 2. The normalized spacial score (nSPS) is 10.4. The van der Waals surface area contributed by atoms with Gasteiger partial charge < -0.3 is 9.47 Å². The van der Waals surface area contributed by atoms with Crippen molar-refractivity contribution in [1.29, 1.82) is 0 Å². The maximum Gasteiger partial charge on any atom is 0.344 e. The maximum atomic E-state index is 11.6. The highest BCUT2D eigenvalue weighted by molar-refractivity contribution is 5.75. The molecule has 23 heavy (non-hydrogen) atoms. The van der Waals surface area contributed by atoms with Gasteiger partial charge in [0, 0.05) is 5.56 Å². The van der Waals surface area contributed by atoms with Crippen molar-refractivity contribution < 1.29 is 14.3 Å². The van der Waals surface area contributed by atoms with E-state index < -0.39 is 0 Å². The molecule has 3 nitrogen and oxygen atoms in total. The lowest BCUT2D eigenvalue weighted by molar-refractivity contribution is -0.145. The third kappa shape index (κ3) is 4.35. The molecule has 0 aliphatic carbocycles. The zero-order valence-corrected chi connectivity index (χ0v) is 14.1. The lowest BCUT2D eigenvalue weighted by Crippen LogP contribution is -2.15. The van der Waals surface area contributed by atoms with Crippen LogP contribution >= 0.6 is 0 Å². The third-order valence-electron chi connectivity index (χ3n) is 3.76. The van der Waals surface area contributed by atoms with Crippen molar-refractivity contribution in [1.82, 2.24) is 0 Å². The van der Waals surface area contributed by atoms with Gasteiger partial charge in [0.25, 0.3) is 0 Å². The molecule has 0 heterocycles. The summed E-state index contributed by atoms with van der Waals surface area (Å²) in [6.45, 7) is 6.31. The van der Waals surface area contributed by atoms with Crippen LogP contribution in [0.3, 0.4) is 0 Å². The minimum absolute atomic E-state index is 0.0642. The monoisotopic (exact) mass is 312 g/mol. The smallest absolute Gasteiger partial charge is 0.344 e. The van der Waals surface area contributed by atoms with E-state index in [4.69, 9.17) is 9.47 Å². The minimum atomic E-state index is -0.341. The van der Waals surface area contributed by atoms with E-state index in [1.807, 2.05) is 18.2 Å². The molecule has 0 saturated carbocycles. The van der Waals surface area contributed by atoms with Crippen LogP contribution in [0.15, 0.2) is 42.5 Å².